The Kier molecular flexibility index (Phi) is 4.40. The minimum absolute atomic E-state index is 0.0220. The van der Waals surface area contributed by atoms with Crippen LogP contribution in [0, 0.1) is 0 Å². The first kappa shape index (κ1) is 14.3. The summed E-state index contributed by atoms with van der Waals surface area (Å²) in [6.45, 7) is 8.34. The van der Waals surface area contributed by atoms with E-state index in [-0.39, 0.29) is 10.8 Å². The summed E-state index contributed by atoms with van der Waals surface area (Å²) >= 11 is 1.83. The molecule has 1 heterocycles. The molecule has 0 aliphatic carbocycles. The average molecular weight is 278 g/mol. The number of rotatable bonds is 2. The Morgan fingerprint density at radius 2 is 1.74 bits per heavy atom. The molecular weight excluding hydrogens is 256 g/mol. The third-order valence-corrected chi connectivity index (χ3v) is 4.04. The number of amides is 2. The van der Waals surface area contributed by atoms with Gasteiger partial charge in [-0.05, 0) is 37.1 Å². The van der Waals surface area contributed by atoms with Crippen LogP contribution in [-0.4, -0.2) is 28.8 Å². The van der Waals surface area contributed by atoms with Crippen LogP contribution in [-0.2, 0) is 0 Å². The van der Waals surface area contributed by atoms with Crippen molar-refractivity contribution >= 4 is 23.5 Å². The molecule has 4 heteroatoms. The van der Waals surface area contributed by atoms with Gasteiger partial charge in [0.1, 0.15) is 0 Å². The van der Waals surface area contributed by atoms with Crippen LogP contribution in [0.15, 0.2) is 29.2 Å². The Bertz CT molecular complexity index is 430. The second-order valence-corrected chi connectivity index (χ2v) is 7.76. The molecule has 1 N–H and O–H groups in total. The van der Waals surface area contributed by atoms with E-state index in [9.17, 15) is 4.79 Å². The first-order valence-electron chi connectivity index (χ1n) is 6.79. The SMILES string of the molecule is CC(C)(C)Sc1ccc(NC(=O)N2CCCC2)cc1. The molecule has 0 bridgehead atoms. The highest BCUT2D eigenvalue weighted by molar-refractivity contribution is 8.00. The third-order valence-electron chi connectivity index (χ3n) is 2.92. The molecule has 2 amide bonds. The van der Waals surface area contributed by atoms with Crippen molar-refractivity contribution < 1.29 is 4.79 Å². The van der Waals surface area contributed by atoms with Crippen LogP contribution in [0.3, 0.4) is 0 Å². The summed E-state index contributed by atoms with van der Waals surface area (Å²) in [6.07, 6.45) is 2.24. The van der Waals surface area contributed by atoms with Gasteiger partial charge in [0.15, 0.2) is 0 Å². The van der Waals surface area contributed by atoms with Gasteiger partial charge in [0.2, 0.25) is 0 Å². The van der Waals surface area contributed by atoms with Crippen molar-refractivity contribution in [3.05, 3.63) is 24.3 Å². The van der Waals surface area contributed by atoms with Crippen LogP contribution in [0.2, 0.25) is 0 Å². The maximum Gasteiger partial charge on any atom is 0.321 e. The molecule has 2 rings (SSSR count). The molecule has 0 unspecified atom stereocenters. The number of carbonyl (C=O) groups excluding carboxylic acids is 1. The first-order valence-corrected chi connectivity index (χ1v) is 7.61. The zero-order valence-corrected chi connectivity index (χ0v) is 12.7. The predicted molar refractivity (Wildman–Crippen MR) is 81.9 cm³/mol. The third kappa shape index (κ3) is 4.46. The van der Waals surface area contributed by atoms with Crippen molar-refractivity contribution in [2.45, 2.75) is 43.3 Å². The van der Waals surface area contributed by atoms with Gasteiger partial charge in [-0.2, -0.15) is 0 Å². The summed E-state index contributed by atoms with van der Waals surface area (Å²) in [5, 5.41) is 2.95. The van der Waals surface area contributed by atoms with E-state index in [0.717, 1.165) is 31.6 Å². The fourth-order valence-corrected chi connectivity index (χ4v) is 3.06. The number of anilines is 1. The Morgan fingerprint density at radius 1 is 1.16 bits per heavy atom. The molecule has 1 fully saturated rings. The van der Waals surface area contributed by atoms with Crippen molar-refractivity contribution in [2.75, 3.05) is 18.4 Å². The van der Waals surface area contributed by atoms with Gasteiger partial charge in [-0.1, -0.05) is 20.8 Å². The minimum atomic E-state index is 0.0220. The average Bonchev–Trinajstić information content (AvgIpc) is 2.83. The minimum Gasteiger partial charge on any atom is -0.325 e. The van der Waals surface area contributed by atoms with Crippen molar-refractivity contribution in [2.24, 2.45) is 0 Å². The van der Waals surface area contributed by atoms with E-state index >= 15 is 0 Å². The Labute approximate surface area is 119 Å². The van der Waals surface area contributed by atoms with E-state index in [0.29, 0.717) is 0 Å². The van der Waals surface area contributed by atoms with E-state index in [1.54, 1.807) is 0 Å². The number of likely N-dealkylation sites (tertiary alicyclic amines) is 1. The van der Waals surface area contributed by atoms with E-state index in [2.05, 4.69) is 38.2 Å². The standard InChI is InChI=1S/C15H22N2OS/c1-15(2,3)19-13-8-6-12(7-9-13)16-14(18)17-10-4-5-11-17/h6-9H,4-5,10-11H2,1-3H3,(H,16,18). The topological polar surface area (TPSA) is 32.3 Å². The molecule has 3 nitrogen and oxygen atoms in total. The molecule has 1 aliphatic heterocycles. The second kappa shape index (κ2) is 5.87. The van der Waals surface area contributed by atoms with Crippen LogP contribution in [0.25, 0.3) is 0 Å². The summed E-state index contributed by atoms with van der Waals surface area (Å²) in [6, 6.07) is 8.10. The van der Waals surface area contributed by atoms with Crippen LogP contribution >= 0.6 is 11.8 Å². The molecule has 1 saturated heterocycles. The summed E-state index contributed by atoms with van der Waals surface area (Å²) in [4.78, 5) is 15.0. The molecule has 1 aromatic carbocycles. The lowest BCUT2D eigenvalue weighted by molar-refractivity contribution is 0.222. The molecule has 1 aliphatic rings. The maximum absolute atomic E-state index is 11.9. The molecule has 0 aromatic heterocycles. The Balaban J connectivity index is 1.93. The second-order valence-electron chi connectivity index (χ2n) is 5.86. The quantitative estimate of drug-likeness (QED) is 0.822. The zero-order chi connectivity index (χ0) is 13.9. The highest BCUT2D eigenvalue weighted by Crippen LogP contribution is 2.32. The highest BCUT2D eigenvalue weighted by atomic mass is 32.2. The zero-order valence-electron chi connectivity index (χ0n) is 11.9. The molecule has 0 spiro atoms. The lowest BCUT2D eigenvalue weighted by atomic mass is 10.3. The molecule has 0 saturated carbocycles. The molecular formula is C15H22N2OS. The van der Waals surface area contributed by atoms with Gasteiger partial charge in [0.05, 0.1) is 0 Å². The highest BCUT2D eigenvalue weighted by Gasteiger charge is 2.17. The van der Waals surface area contributed by atoms with Gasteiger partial charge < -0.3 is 10.2 Å². The summed E-state index contributed by atoms with van der Waals surface area (Å²) in [5.41, 5.74) is 0.871. The predicted octanol–water partition coefficient (Wildman–Crippen LogP) is 4.20. The summed E-state index contributed by atoms with van der Waals surface area (Å²) in [5.74, 6) is 0. The number of urea groups is 1. The first-order chi connectivity index (χ1) is 8.94. The maximum atomic E-state index is 11.9. The smallest absolute Gasteiger partial charge is 0.321 e. The summed E-state index contributed by atoms with van der Waals surface area (Å²) < 4.78 is 0.209. The number of carbonyl (C=O) groups is 1. The van der Waals surface area contributed by atoms with Crippen LogP contribution in [0.5, 0.6) is 0 Å². The van der Waals surface area contributed by atoms with Crippen molar-refractivity contribution in [1.82, 2.24) is 4.90 Å². The normalized spacial score (nSPS) is 15.6. The Hall–Kier alpha value is -1.16. The monoisotopic (exact) mass is 278 g/mol. The van der Waals surface area contributed by atoms with Gasteiger partial charge in [-0.15, -0.1) is 11.8 Å². The number of nitrogens with one attached hydrogen (secondary N) is 1. The lowest BCUT2D eigenvalue weighted by Gasteiger charge is -2.18. The number of thioether (sulfide) groups is 1. The van der Waals surface area contributed by atoms with E-state index in [1.807, 2.05) is 28.8 Å². The molecule has 1 aromatic rings. The number of benzene rings is 1. The summed E-state index contributed by atoms with van der Waals surface area (Å²) in [7, 11) is 0. The van der Waals surface area contributed by atoms with Gasteiger partial charge in [0, 0.05) is 28.4 Å². The fraction of sp³-hybridized carbons (Fsp3) is 0.533. The molecule has 104 valence electrons. The number of hydrogen-bond acceptors (Lipinski definition) is 2. The van der Waals surface area contributed by atoms with Gasteiger partial charge in [0.25, 0.3) is 0 Å². The van der Waals surface area contributed by atoms with Gasteiger partial charge >= 0.3 is 6.03 Å². The van der Waals surface area contributed by atoms with Crippen LogP contribution in [0.1, 0.15) is 33.6 Å². The number of hydrogen-bond donors (Lipinski definition) is 1. The van der Waals surface area contributed by atoms with Crippen molar-refractivity contribution in [3.8, 4) is 0 Å². The van der Waals surface area contributed by atoms with E-state index in [4.69, 9.17) is 0 Å². The van der Waals surface area contributed by atoms with Crippen molar-refractivity contribution in [1.29, 1.82) is 0 Å². The van der Waals surface area contributed by atoms with E-state index in [1.165, 1.54) is 4.90 Å². The molecule has 0 atom stereocenters. The van der Waals surface area contributed by atoms with Gasteiger partial charge in [-0.3, -0.25) is 0 Å². The molecule has 19 heavy (non-hydrogen) atoms. The van der Waals surface area contributed by atoms with Crippen LogP contribution < -0.4 is 5.32 Å². The molecule has 0 radical (unpaired) electrons. The lowest BCUT2D eigenvalue weighted by Crippen LogP contribution is -2.32. The number of nitrogens with zero attached hydrogens (tertiary/aromatic N) is 1. The van der Waals surface area contributed by atoms with Crippen molar-refractivity contribution in [3.63, 3.8) is 0 Å². The largest absolute Gasteiger partial charge is 0.325 e. The van der Waals surface area contributed by atoms with Gasteiger partial charge in [-0.25, -0.2) is 4.79 Å². The fourth-order valence-electron chi connectivity index (χ4n) is 2.08. The van der Waals surface area contributed by atoms with E-state index < -0.39 is 0 Å². The van der Waals surface area contributed by atoms with Crippen LogP contribution in [0.4, 0.5) is 10.5 Å². The Morgan fingerprint density at radius 3 is 2.26 bits per heavy atom.